The first-order chi connectivity index (χ1) is 14.7. The van der Waals surface area contributed by atoms with Crippen molar-refractivity contribution in [2.24, 2.45) is 0 Å². The smallest absolute Gasteiger partial charge is 0.195 e. The zero-order chi connectivity index (χ0) is 20.0. The molecule has 7 aromatic carbocycles. The van der Waals surface area contributed by atoms with E-state index in [-0.39, 0.29) is 10.9 Å². The largest absolute Gasteiger partial charge is 0.289 e. The lowest BCUT2D eigenvalue weighted by molar-refractivity contribution is 1.79. The highest BCUT2D eigenvalue weighted by molar-refractivity contribution is 6.32. The van der Waals surface area contributed by atoms with Gasteiger partial charge < -0.3 is 0 Å². The van der Waals surface area contributed by atoms with E-state index in [9.17, 15) is 9.59 Å². The molecule has 0 unspecified atom stereocenters. The molecule has 0 bridgehead atoms. The summed E-state index contributed by atoms with van der Waals surface area (Å²) >= 11 is 0. The summed E-state index contributed by atoms with van der Waals surface area (Å²) in [5.41, 5.74) is -0.0901. The van der Waals surface area contributed by atoms with Gasteiger partial charge in [0.05, 0.1) is 0 Å². The van der Waals surface area contributed by atoms with Crippen LogP contribution in [0.3, 0.4) is 0 Å². The molecule has 2 nitrogen and oxygen atoms in total. The van der Waals surface area contributed by atoms with Gasteiger partial charge in [-0.25, -0.2) is 0 Å². The first kappa shape index (κ1) is 15.8. The van der Waals surface area contributed by atoms with E-state index in [4.69, 9.17) is 0 Å². The Morgan fingerprint density at radius 2 is 0.833 bits per heavy atom. The summed E-state index contributed by atoms with van der Waals surface area (Å²) < 4.78 is 0. The molecule has 0 radical (unpaired) electrons. The van der Waals surface area contributed by atoms with Crippen molar-refractivity contribution in [3.05, 3.63) is 105 Å². The van der Waals surface area contributed by atoms with Gasteiger partial charge in [0.2, 0.25) is 0 Å². The van der Waals surface area contributed by atoms with Crippen LogP contribution in [0.5, 0.6) is 0 Å². The van der Waals surface area contributed by atoms with Crippen LogP contribution in [0.4, 0.5) is 0 Å². The number of fused-ring (bicyclic) bond motifs is 11. The average Bonchev–Trinajstić information content (AvgIpc) is 3.25. The minimum Gasteiger partial charge on any atom is -0.289 e. The third-order valence-electron chi connectivity index (χ3n) is 6.55. The second kappa shape index (κ2) is 5.31. The Labute approximate surface area is 170 Å². The Balaban J connectivity index is 1.84. The van der Waals surface area contributed by atoms with Gasteiger partial charge in [-0.05, 0) is 37.7 Å². The molecular weight excluding hydrogens is 368 g/mol. The Kier molecular flexibility index (Phi) is 2.80. The van der Waals surface area contributed by atoms with E-state index in [1.54, 1.807) is 0 Å². The van der Waals surface area contributed by atoms with Crippen molar-refractivity contribution in [1.29, 1.82) is 0 Å². The van der Waals surface area contributed by atoms with Crippen LogP contribution >= 0.6 is 0 Å². The predicted octanol–water partition coefficient (Wildman–Crippen LogP) is 6.20. The molecule has 2 heteroatoms. The van der Waals surface area contributed by atoms with Gasteiger partial charge in [0.1, 0.15) is 0 Å². The van der Waals surface area contributed by atoms with Gasteiger partial charge in [-0.2, -0.15) is 0 Å². The third kappa shape index (κ3) is 1.75. The lowest BCUT2D eigenvalue weighted by atomic mass is 9.98. The van der Waals surface area contributed by atoms with Gasteiger partial charge in [-0.3, -0.25) is 9.59 Å². The van der Waals surface area contributed by atoms with Crippen molar-refractivity contribution in [3.63, 3.8) is 0 Å². The summed E-state index contributed by atoms with van der Waals surface area (Å²) in [5, 5.41) is 10.3. The molecule has 7 rings (SSSR count). The van der Waals surface area contributed by atoms with E-state index in [2.05, 4.69) is 30.3 Å². The molecule has 0 saturated heterocycles. The molecule has 0 amide bonds. The minimum atomic E-state index is -0.0484. The molecular formula is C28H14O2. The highest BCUT2D eigenvalue weighted by Crippen LogP contribution is 2.37. The molecule has 0 aliphatic heterocycles. The molecule has 0 N–H and O–H groups in total. The Bertz CT molecular complexity index is 1930. The first-order valence-electron chi connectivity index (χ1n) is 10.0. The van der Waals surface area contributed by atoms with E-state index in [1.807, 2.05) is 54.6 Å². The van der Waals surface area contributed by atoms with E-state index in [0.29, 0.717) is 16.2 Å². The van der Waals surface area contributed by atoms with Crippen LogP contribution in [0.25, 0.3) is 64.6 Å². The molecule has 0 atom stereocenters. The summed E-state index contributed by atoms with van der Waals surface area (Å²) in [6, 6.07) is 28.0. The zero-order valence-electron chi connectivity index (χ0n) is 15.9. The molecule has 138 valence electrons. The summed E-state index contributed by atoms with van der Waals surface area (Å²) in [4.78, 5) is 27.1. The summed E-state index contributed by atoms with van der Waals surface area (Å²) in [6.07, 6.45) is 0. The summed E-state index contributed by atoms with van der Waals surface area (Å²) in [6.45, 7) is 0. The molecule has 0 saturated carbocycles. The van der Waals surface area contributed by atoms with Crippen molar-refractivity contribution >= 4 is 64.6 Å². The first-order valence-corrected chi connectivity index (χ1v) is 10.0. The second-order valence-corrected chi connectivity index (χ2v) is 7.99. The molecule has 0 spiro atoms. The highest BCUT2D eigenvalue weighted by atomic mass is 16.1. The normalized spacial score (nSPS) is 12.3. The Hall–Kier alpha value is -4.04. The fourth-order valence-electron chi connectivity index (χ4n) is 5.26. The van der Waals surface area contributed by atoms with Crippen LogP contribution in [0.1, 0.15) is 0 Å². The van der Waals surface area contributed by atoms with Crippen molar-refractivity contribution < 1.29 is 0 Å². The fraction of sp³-hybridized carbons (Fsp3) is 0. The van der Waals surface area contributed by atoms with Gasteiger partial charge in [0.25, 0.3) is 0 Å². The lowest BCUT2D eigenvalue weighted by Crippen LogP contribution is -2.01. The number of hydrogen-bond donors (Lipinski definition) is 0. The van der Waals surface area contributed by atoms with Crippen molar-refractivity contribution in [2.75, 3.05) is 0 Å². The maximum absolute atomic E-state index is 13.8. The fourth-order valence-corrected chi connectivity index (χ4v) is 5.26. The van der Waals surface area contributed by atoms with Crippen LogP contribution in [-0.4, -0.2) is 0 Å². The number of benzene rings is 5. The molecule has 0 aliphatic carbocycles. The Morgan fingerprint density at radius 1 is 0.333 bits per heavy atom. The standard InChI is InChI=1S/C28H14O2/c29-27-22-8-4-3-7-18(22)19-13-14-21-20-12-11-16-10-9-15-5-1-2-6-17(15)23(16)24(20)28(30)26(21)25(19)27/h1-14H. The number of hydrogen-bond acceptors (Lipinski definition) is 2. The summed E-state index contributed by atoms with van der Waals surface area (Å²) in [7, 11) is 0. The minimum absolute atomic E-state index is 0.0417. The quantitative estimate of drug-likeness (QED) is 0.293. The topological polar surface area (TPSA) is 34.1 Å². The van der Waals surface area contributed by atoms with Crippen LogP contribution in [0, 0.1) is 0 Å². The number of rotatable bonds is 0. The van der Waals surface area contributed by atoms with Crippen LogP contribution in [0.15, 0.2) is 94.5 Å². The van der Waals surface area contributed by atoms with Crippen LogP contribution in [0.2, 0.25) is 0 Å². The summed E-state index contributed by atoms with van der Waals surface area (Å²) in [5.74, 6) is 0. The van der Waals surface area contributed by atoms with Crippen molar-refractivity contribution in [3.8, 4) is 0 Å². The zero-order valence-corrected chi connectivity index (χ0v) is 15.9. The van der Waals surface area contributed by atoms with E-state index >= 15 is 0 Å². The highest BCUT2D eigenvalue weighted by Gasteiger charge is 2.20. The van der Waals surface area contributed by atoms with Crippen LogP contribution < -0.4 is 10.9 Å². The van der Waals surface area contributed by atoms with E-state index in [0.717, 1.165) is 48.5 Å². The molecule has 0 fully saturated rings. The van der Waals surface area contributed by atoms with E-state index in [1.165, 1.54) is 0 Å². The second-order valence-electron chi connectivity index (χ2n) is 7.99. The van der Waals surface area contributed by atoms with Gasteiger partial charge in [-0.1, -0.05) is 84.9 Å². The van der Waals surface area contributed by atoms with Crippen molar-refractivity contribution in [2.45, 2.75) is 0 Å². The molecule has 0 aromatic heterocycles. The molecule has 30 heavy (non-hydrogen) atoms. The van der Waals surface area contributed by atoms with Crippen molar-refractivity contribution in [1.82, 2.24) is 0 Å². The van der Waals surface area contributed by atoms with Crippen LogP contribution in [-0.2, 0) is 0 Å². The maximum Gasteiger partial charge on any atom is 0.195 e. The SMILES string of the molecule is O=c1c2ccccc2c2ccc3c4ccc5ccc6ccccc6c5c4c(=O)c3c12. The lowest BCUT2D eigenvalue weighted by Gasteiger charge is -2.05. The molecule has 7 aromatic rings. The molecule has 0 heterocycles. The van der Waals surface area contributed by atoms with Gasteiger partial charge in [0, 0.05) is 26.9 Å². The maximum atomic E-state index is 13.8. The van der Waals surface area contributed by atoms with Gasteiger partial charge >= 0.3 is 0 Å². The van der Waals surface area contributed by atoms with Gasteiger partial charge in [-0.15, -0.1) is 0 Å². The van der Waals surface area contributed by atoms with Gasteiger partial charge in [0.15, 0.2) is 10.9 Å². The molecule has 0 aliphatic rings. The van der Waals surface area contributed by atoms with E-state index < -0.39 is 0 Å². The third-order valence-corrected chi connectivity index (χ3v) is 6.55. The monoisotopic (exact) mass is 382 g/mol. The average molecular weight is 382 g/mol. The predicted molar refractivity (Wildman–Crippen MR) is 126 cm³/mol. The Morgan fingerprint density at radius 3 is 1.63 bits per heavy atom.